The zero-order valence-corrected chi connectivity index (χ0v) is 18.5. The Kier molecular flexibility index (Phi) is 6.65. The van der Waals surface area contributed by atoms with Gasteiger partial charge in [-0.3, -0.25) is 4.79 Å². The van der Waals surface area contributed by atoms with Gasteiger partial charge in [0.15, 0.2) is 0 Å². The fourth-order valence-electron chi connectivity index (χ4n) is 3.54. The number of hydrogen-bond acceptors (Lipinski definition) is 3. The minimum absolute atomic E-state index is 0.0572. The lowest BCUT2D eigenvalue weighted by Gasteiger charge is -2.26. The molecule has 160 valence electrons. The molecule has 2 aromatic carbocycles. The Labute approximate surface area is 179 Å². The van der Waals surface area contributed by atoms with E-state index in [1.165, 1.54) is 0 Å². The van der Waals surface area contributed by atoms with E-state index >= 15 is 0 Å². The lowest BCUT2D eigenvalue weighted by Crippen LogP contribution is -2.34. The molecule has 1 saturated carbocycles. The molecule has 3 amide bonds. The Morgan fingerprint density at radius 2 is 1.83 bits per heavy atom. The van der Waals surface area contributed by atoms with Crippen LogP contribution in [0.5, 0.6) is 0 Å². The molecule has 1 fully saturated rings. The smallest absolute Gasteiger partial charge is 0.319 e. The molecule has 0 heterocycles. The molecule has 0 aromatic heterocycles. The highest BCUT2D eigenvalue weighted by molar-refractivity contribution is 5.95. The van der Waals surface area contributed by atoms with Crippen molar-refractivity contribution >= 4 is 23.3 Å². The van der Waals surface area contributed by atoms with Crippen LogP contribution in [0.25, 0.3) is 0 Å². The first-order valence-electron chi connectivity index (χ1n) is 10.5. The van der Waals surface area contributed by atoms with Crippen molar-refractivity contribution in [3.8, 4) is 0 Å². The monoisotopic (exact) mass is 408 g/mol. The predicted octanol–water partition coefficient (Wildman–Crippen LogP) is 4.40. The van der Waals surface area contributed by atoms with Gasteiger partial charge in [-0.05, 0) is 69.5 Å². The molecule has 0 bridgehead atoms. The van der Waals surface area contributed by atoms with Crippen LogP contribution in [0.1, 0.15) is 48.2 Å². The van der Waals surface area contributed by atoms with Gasteiger partial charge in [-0.1, -0.05) is 17.7 Å². The fraction of sp³-hybridized carbons (Fsp3) is 0.417. The van der Waals surface area contributed by atoms with Crippen LogP contribution in [0.15, 0.2) is 42.5 Å². The summed E-state index contributed by atoms with van der Waals surface area (Å²) in [6, 6.07) is 13.7. The number of nitrogens with one attached hydrogen (secondary N) is 2. The number of urea groups is 1. The summed E-state index contributed by atoms with van der Waals surface area (Å²) in [5.41, 5.74) is 4.56. The first-order valence-corrected chi connectivity index (χ1v) is 10.5. The van der Waals surface area contributed by atoms with E-state index in [0.717, 1.165) is 35.2 Å². The molecule has 0 spiro atoms. The molecule has 1 aliphatic rings. The first kappa shape index (κ1) is 21.7. The van der Waals surface area contributed by atoms with E-state index in [9.17, 15) is 9.59 Å². The van der Waals surface area contributed by atoms with Crippen LogP contribution < -0.4 is 15.5 Å². The van der Waals surface area contributed by atoms with Crippen LogP contribution in [-0.2, 0) is 6.54 Å². The summed E-state index contributed by atoms with van der Waals surface area (Å²) in [5.74, 6) is 0.0572. The van der Waals surface area contributed by atoms with Crippen LogP contribution >= 0.6 is 0 Å². The van der Waals surface area contributed by atoms with E-state index in [4.69, 9.17) is 0 Å². The van der Waals surface area contributed by atoms with Gasteiger partial charge >= 0.3 is 6.03 Å². The number of benzene rings is 2. The SMILES string of the molecule is Cc1cccc(C(=O)N(Cc2cc(NC(=O)NC(C)C)ccc2N(C)C)C2CC2)c1. The molecule has 0 aliphatic heterocycles. The van der Waals surface area contributed by atoms with E-state index < -0.39 is 0 Å². The van der Waals surface area contributed by atoms with Crippen molar-refractivity contribution in [3.05, 3.63) is 59.2 Å². The summed E-state index contributed by atoms with van der Waals surface area (Å²) < 4.78 is 0. The molecule has 2 N–H and O–H groups in total. The fourth-order valence-corrected chi connectivity index (χ4v) is 3.54. The third kappa shape index (κ3) is 5.53. The summed E-state index contributed by atoms with van der Waals surface area (Å²) in [4.78, 5) is 29.4. The van der Waals surface area contributed by atoms with Gasteiger partial charge in [0.1, 0.15) is 0 Å². The van der Waals surface area contributed by atoms with E-state index in [1.807, 2.05) is 87.1 Å². The van der Waals surface area contributed by atoms with Gasteiger partial charge in [-0.15, -0.1) is 0 Å². The van der Waals surface area contributed by atoms with Crippen LogP contribution in [0.2, 0.25) is 0 Å². The van der Waals surface area contributed by atoms with Gasteiger partial charge in [0.05, 0.1) is 0 Å². The summed E-state index contributed by atoms with van der Waals surface area (Å²) in [5, 5.41) is 5.73. The van der Waals surface area contributed by atoms with Gasteiger partial charge in [0, 0.05) is 49.7 Å². The molecule has 3 rings (SSSR count). The van der Waals surface area contributed by atoms with E-state index in [0.29, 0.717) is 12.2 Å². The molecule has 30 heavy (non-hydrogen) atoms. The summed E-state index contributed by atoms with van der Waals surface area (Å²) in [6.45, 7) is 6.35. The van der Waals surface area contributed by atoms with Crippen molar-refractivity contribution in [2.24, 2.45) is 0 Å². The number of carbonyl (C=O) groups excluding carboxylic acids is 2. The highest BCUT2D eigenvalue weighted by Crippen LogP contribution is 2.33. The number of hydrogen-bond donors (Lipinski definition) is 2. The maximum absolute atomic E-state index is 13.3. The molecule has 2 aromatic rings. The van der Waals surface area contributed by atoms with Crippen molar-refractivity contribution in [3.63, 3.8) is 0 Å². The zero-order valence-electron chi connectivity index (χ0n) is 18.5. The highest BCUT2D eigenvalue weighted by atomic mass is 16.2. The summed E-state index contributed by atoms with van der Waals surface area (Å²) >= 11 is 0. The topological polar surface area (TPSA) is 64.7 Å². The van der Waals surface area contributed by atoms with Crippen LogP contribution in [0, 0.1) is 6.92 Å². The Morgan fingerprint density at radius 3 is 2.43 bits per heavy atom. The minimum Gasteiger partial charge on any atom is -0.377 e. The largest absolute Gasteiger partial charge is 0.377 e. The van der Waals surface area contributed by atoms with Gasteiger partial charge in [0.25, 0.3) is 5.91 Å². The molecular weight excluding hydrogens is 376 g/mol. The Bertz CT molecular complexity index is 919. The molecule has 0 saturated heterocycles. The molecule has 6 heteroatoms. The second kappa shape index (κ2) is 9.20. The van der Waals surface area contributed by atoms with Crippen molar-refractivity contribution in [1.82, 2.24) is 10.2 Å². The second-order valence-corrected chi connectivity index (χ2v) is 8.52. The Hall–Kier alpha value is -3.02. The average Bonchev–Trinajstić information content (AvgIpc) is 3.50. The number of carbonyl (C=O) groups is 2. The normalized spacial score (nSPS) is 13.1. The first-order chi connectivity index (χ1) is 14.2. The molecule has 0 radical (unpaired) electrons. The maximum atomic E-state index is 13.3. The van der Waals surface area contributed by atoms with Gasteiger partial charge in [-0.2, -0.15) is 0 Å². The van der Waals surface area contributed by atoms with Gasteiger partial charge < -0.3 is 20.4 Å². The van der Waals surface area contributed by atoms with Crippen LogP contribution in [0.3, 0.4) is 0 Å². The van der Waals surface area contributed by atoms with E-state index in [2.05, 4.69) is 10.6 Å². The summed E-state index contributed by atoms with van der Waals surface area (Å²) in [6.07, 6.45) is 2.06. The quantitative estimate of drug-likeness (QED) is 0.714. The maximum Gasteiger partial charge on any atom is 0.319 e. The van der Waals surface area contributed by atoms with Crippen molar-refractivity contribution in [2.75, 3.05) is 24.3 Å². The molecule has 6 nitrogen and oxygen atoms in total. The number of nitrogens with zero attached hydrogens (tertiary/aromatic N) is 2. The number of aryl methyl sites for hydroxylation is 1. The van der Waals surface area contributed by atoms with Gasteiger partial charge in [-0.25, -0.2) is 4.79 Å². The van der Waals surface area contributed by atoms with Crippen LogP contribution in [0.4, 0.5) is 16.2 Å². The van der Waals surface area contributed by atoms with Crippen LogP contribution in [-0.4, -0.2) is 43.0 Å². The minimum atomic E-state index is -0.233. The predicted molar refractivity (Wildman–Crippen MR) is 122 cm³/mol. The van der Waals surface area contributed by atoms with E-state index in [1.54, 1.807) is 0 Å². The van der Waals surface area contributed by atoms with Crippen molar-refractivity contribution in [1.29, 1.82) is 0 Å². The standard InChI is InChI=1S/C24H32N4O2/c1-16(2)25-24(30)26-20-9-12-22(27(4)5)19(14-20)15-28(21-10-11-21)23(29)18-8-6-7-17(3)13-18/h6-9,12-14,16,21H,10-11,15H2,1-5H3,(H2,25,26,30). The lowest BCUT2D eigenvalue weighted by atomic mass is 10.1. The zero-order chi connectivity index (χ0) is 21.8. The molecular formula is C24H32N4O2. The third-order valence-corrected chi connectivity index (χ3v) is 5.09. The van der Waals surface area contributed by atoms with Gasteiger partial charge in [0.2, 0.25) is 0 Å². The summed E-state index contributed by atoms with van der Waals surface area (Å²) in [7, 11) is 3.97. The second-order valence-electron chi connectivity index (χ2n) is 8.52. The van der Waals surface area contributed by atoms with E-state index in [-0.39, 0.29) is 24.0 Å². The number of anilines is 2. The Morgan fingerprint density at radius 1 is 1.10 bits per heavy atom. The number of rotatable bonds is 7. The molecule has 1 aliphatic carbocycles. The van der Waals surface area contributed by atoms with Crippen molar-refractivity contribution in [2.45, 2.75) is 52.2 Å². The lowest BCUT2D eigenvalue weighted by molar-refractivity contribution is 0.0730. The third-order valence-electron chi connectivity index (χ3n) is 5.09. The van der Waals surface area contributed by atoms with Crippen molar-refractivity contribution < 1.29 is 9.59 Å². The average molecular weight is 409 g/mol. The number of amides is 3. The molecule has 0 unspecified atom stereocenters. The molecule has 0 atom stereocenters. The highest BCUT2D eigenvalue weighted by Gasteiger charge is 2.33. The Balaban J connectivity index is 1.86.